The lowest BCUT2D eigenvalue weighted by atomic mass is 9.84. The molecule has 202 valence electrons. The van der Waals surface area contributed by atoms with Crippen molar-refractivity contribution in [3.05, 3.63) is 0 Å². The Kier molecular flexibility index (Phi) is 7.41. The summed E-state index contributed by atoms with van der Waals surface area (Å²) in [5, 5.41) is 16.9. The van der Waals surface area contributed by atoms with E-state index in [-0.39, 0.29) is 42.5 Å². The van der Waals surface area contributed by atoms with E-state index in [9.17, 15) is 14.7 Å². The van der Waals surface area contributed by atoms with Crippen LogP contribution in [0.25, 0.3) is 0 Å². The number of carbonyl (C=O) groups excluding carboxylic acids is 1. The molecule has 0 spiro atoms. The zero-order valence-electron chi connectivity index (χ0n) is 21.5. The summed E-state index contributed by atoms with van der Waals surface area (Å²) in [5.41, 5.74) is 0. The lowest BCUT2D eigenvalue weighted by Gasteiger charge is -2.46. The van der Waals surface area contributed by atoms with E-state index in [0.717, 1.165) is 71.2 Å². The van der Waals surface area contributed by atoms with Gasteiger partial charge in [-0.2, -0.15) is 0 Å². The first kappa shape index (κ1) is 24.9. The number of carboxylic acids is 1. The van der Waals surface area contributed by atoms with E-state index in [4.69, 9.17) is 4.74 Å². The number of fused-ring (bicyclic) bond motifs is 1. The average molecular weight is 505 g/mol. The van der Waals surface area contributed by atoms with Gasteiger partial charge in [-0.05, 0) is 77.3 Å². The van der Waals surface area contributed by atoms with Gasteiger partial charge in [-0.3, -0.25) is 35.0 Å². The Hall–Kier alpha value is -1.46. The van der Waals surface area contributed by atoms with Crippen molar-refractivity contribution in [3.8, 4) is 0 Å². The first-order valence-corrected chi connectivity index (χ1v) is 14.5. The van der Waals surface area contributed by atoms with E-state index < -0.39 is 5.97 Å². The number of amides is 1. The van der Waals surface area contributed by atoms with E-state index >= 15 is 0 Å². The second-order valence-electron chi connectivity index (χ2n) is 11.8. The predicted molar refractivity (Wildman–Crippen MR) is 134 cm³/mol. The quantitative estimate of drug-likeness (QED) is 0.511. The highest BCUT2D eigenvalue weighted by atomic mass is 16.6. The third-order valence-corrected chi connectivity index (χ3v) is 9.86. The minimum Gasteiger partial charge on any atom is -0.481 e. The fourth-order valence-corrected chi connectivity index (χ4v) is 7.86. The van der Waals surface area contributed by atoms with E-state index in [0.29, 0.717) is 19.0 Å². The monoisotopic (exact) mass is 504 g/mol. The van der Waals surface area contributed by atoms with Gasteiger partial charge < -0.3 is 9.84 Å². The summed E-state index contributed by atoms with van der Waals surface area (Å²) in [7, 11) is 0. The first-order chi connectivity index (χ1) is 17.6. The summed E-state index contributed by atoms with van der Waals surface area (Å²) < 4.78 is 6.07. The minimum absolute atomic E-state index is 0.0713. The van der Waals surface area contributed by atoms with Crippen LogP contribution in [0.1, 0.15) is 64.2 Å². The van der Waals surface area contributed by atoms with Gasteiger partial charge in [-0.15, -0.1) is 0 Å². The van der Waals surface area contributed by atoms with E-state index in [1.165, 1.54) is 25.9 Å². The molecule has 5 aliphatic heterocycles. The molecule has 36 heavy (non-hydrogen) atoms. The van der Waals surface area contributed by atoms with E-state index in [1.807, 2.05) is 0 Å². The number of carbonyl (C=O) groups is 2. The molecular weight excluding hydrogens is 460 g/mol. The summed E-state index contributed by atoms with van der Waals surface area (Å²) in [6, 6.07) is 0.659. The molecule has 6 fully saturated rings. The van der Waals surface area contributed by atoms with Gasteiger partial charge in [0, 0.05) is 44.8 Å². The third kappa shape index (κ3) is 4.87. The van der Waals surface area contributed by atoms with Gasteiger partial charge in [0.05, 0.1) is 18.1 Å². The Morgan fingerprint density at radius 3 is 2.22 bits per heavy atom. The van der Waals surface area contributed by atoms with Crippen LogP contribution < -0.4 is 10.6 Å². The number of likely N-dealkylation sites (tertiary alicyclic amines) is 3. The van der Waals surface area contributed by atoms with Crippen LogP contribution in [0.5, 0.6) is 0 Å². The summed E-state index contributed by atoms with van der Waals surface area (Å²) >= 11 is 0. The number of hydrogen-bond donors (Lipinski definition) is 3. The summed E-state index contributed by atoms with van der Waals surface area (Å²) in [5.74, 6) is -0.902. The molecule has 0 aromatic carbocycles. The normalized spacial score (nSPS) is 38.3. The number of rotatable bonds is 5. The second-order valence-corrected chi connectivity index (χ2v) is 11.8. The van der Waals surface area contributed by atoms with Gasteiger partial charge in [0.2, 0.25) is 0 Å². The molecule has 6 aliphatic rings. The average Bonchev–Trinajstić information content (AvgIpc) is 3.57. The smallest absolute Gasteiger partial charge is 0.410 e. The summed E-state index contributed by atoms with van der Waals surface area (Å²) in [6.07, 6.45) is 10.8. The van der Waals surface area contributed by atoms with Gasteiger partial charge in [0.15, 0.2) is 0 Å². The standard InChI is InChI=1S/C26H44N6O4/c33-24(34)18-7-14-29(15-8-18)20-4-3-5-21-23(20)36-26(35)32(21)19-9-16-30(17-10-19)22-6-11-27-25(28-22)31-12-1-2-13-31/h18-23,25,27-28H,1-17H2,(H,33,34). The Morgan fingerprint density at radius 1 is 0.806 bits per heavy atom. The SMILES string of the molecule is O=C(O)C1CCN(C2CCCC3C2OC(=O)N3C2CCN(C3CCNC(N4CCCC4)N3)CC2)CC1. The third-order valence-electron chi connectivity index (χ3n) is 9.86. The van der Waals surface area contributed by atoms with Crippen LogP contribution in [0.2, 0.25) is 0 Å². The fourth-order valence-electron chi connectivity index (χ4n) is 7.86. The molecule has 5 heterocycles. The molecule has 0 aromatic heterocycles. The van der Waals surface area contributed by atoms with Crippen LogP contribution in [-0.2, 0) is 9.53 Å². The molecule has 1 aliphatic carbocycles. The predicted octanol–water partition coefficient (Wildman–Crippen LogP) is 1.28. The maximum atomic E-state index is 13.2. The molecule has 10 nitrogen and oxygen atoms in total. The van der Waals surface area contributed by atoms with Crippen molar-refractivity contribution < 1.29 is 19.4 Å². The highest BCUT2D eigenvalue weighted by Crippen LogP contribution is 2.38. The van der Waals surface area contributed by atoms with Crippen LogP contribution in [-0.4, -0.2) is 119 Å². The Bertz CT molecular complexity index is 793. The molecule has 5 unspecified atom stereocenters. The fraction of sp³-hybridized carbons (Fsp3) is 0.923. The van der Waals surface area contributed by atoms with Gasteiger partial charge in [0.25, 0.3) is 0 Å². The van der Waals surface area contributed by atoms with Crippen molar-refractivity contribution in [1.29, 1.82) is 0 Å². The maximum Gasteiger partial charge on any atom is 0.410 e. The molecule has 1 amide bonds. The molecular formula is C26H44N6O4. The number of hydrogen-bond acceptors (Lipinski definition) is 8. The topological polar surface area (TPSA) is 101 Å². The molecule has 1 saturated carbocycles. The number of nitrogens with one attached hydrogen (secondary N) is 2. The molecule has 3 N–H and O–H groups in total. The lowest BCUT2D eigenvalue weighted by molar-refractivity contribution is -0.143. The summed E-state index contributed by atoms with van der Waals surface area (Å²) in [4.78, 5) is 34.2. The highest BCUT2D eigenvalue weighted by Gasteiger charge is 2.52. The Labute approximate surface area is 214 Å². The number of carboxylic acid groups (broad SMARTS) is 1. The van der Waals surface area contributed by atoms with Crippen LogP contribution in [0.4, 0.5) is 4.79 Å². The van der Waals surface area contributed by atoms with Gasteiger partial charge in [-0.25, -0.2) is 4.79 Å². The van der Waals surface area contributed by atoms with Crippen LogP contribution in [0.15, 0.2) is 0 Å². The van der Waals surface area contributed by atoms with Gasteiger partial charge in [0.1, 0.15) is 12.4 Å². The van der Waals surface area contributed by atoms with Crippen molar-refractivity contribution in [2.75, 3.05) is 45.8 Å². The van der Waals surface area contributed by atoms with Crippen molar-refractivity contribution >= 4 is 12.1 Å². The van der Waals surface area contributed by atoms with Crippen molar-refractivity contribution in [2.24, 2.45) is 5.92 Å². The number of aliphatic carboxylic acids is 1. The Balaban J connectivity index is 1.04. The molecule has 5 saturated heterocycles. The number of ether oxygens (including phenoxy) is 1. The minimum atomic E-state index is -0.674. The first-order valence-electron chi connectivity index (χ1n) is 14.5. The van der Waals surface area contributed by atoms with Crippen molar-refractivity contribution in [3.63, 3.8) is 0 Å². The number of piperidine rings is 2. The van der Waals surface area contributed by atoms with Crippen LogP contribution in [0, 0.1) is 5.92 Å². The highest BCUT2D eigenvalue weighted by molar-refractivity contribution is 5.71. The molecule has 0 aromatic rings. The second kappa shape index (κ2) is 10.7. The Morgan fingerprint density at radius 2 is 1.50 bits per heavy atom. The molecule has 6 rings (SSSR count). The zero-order valence-corrected chi connectivity index (χ0v) is 21.5. The zero-order chi connectivity index (χ0) is 24.6. The van der Waals surface area contributed by atoms with E-state index in [2.05, 4.69) is 30.2 Å². The van der Waals surface area contributed by atoms with Crippen LogP contribution in [0.3, 0.4) is 0 Å². The lowest BCUT2D eigenvalue weighted by Crippen LogP contribution is -2.66. The van der Waals surface area contributed by atoms with E-state index in [1.54, 1.807) is 0 Å². The van der Waals surface area contributed by atoms with Crippen LogP contribution >= 0.6 is 0 Å². The van der Waals surface area contributed by atoms with Crippen molar-refractivity contribution in [2.45, 2.75) is 101 Å². The maximum absolute atomic E-state index is 13.2. The summed E-state index contributed by atoms with van der Waals surface area (Å²) in [6.45, 7) is 7.02. The number of nitrogens with zero attached hydrogens (tertiary/aromatic N) is 4. The van der Waals surface area contributed by atoms with Gasteiger partial charge in [-0.1, -0.05) is 0 Å². The van der Waals surface area contributed by atoms with Gasteiger partial charge >= 0.3 is 12.1 Å². The molecule has 0 radical (unpaired) electrons. The molecule has 5 atom stereocenters. The molecule has 0 bridgehead atoms. The van der Waals surface area contributed by atoms with Crippen molar-refractivity contribution in [1.82, 2.24) is 30.2 Å². The largest absolute Gasteiger partial charge is 0.481 e. The molecule has 10 heteroatoms.